The SMILES string of the molecule is CCCC[C@H](NC(=O)[C@H](Cc1ccc(OS(=O)(=O)O)cc1)NC(=O)OC(C)(C)C)C(=O)NCC(=O)N[C@@H](Cc1c[nH]c2ccccc12)C(=O)N[C@@H](CCCC)C(=O)N[C@H](CCCCc1ccccc1)CC(=O)O. The minimum absolute atomic E-state index is 0.0157. The van der Waals surface area contributed by atoms with E-state index < -0.39 is 94.4 Å². The van der Waals surface area contributed by atoms with E-state index >= 15 is 0 Å². The van der Waals surface area contributed by atoms with Gasteiger partial charge in [-0.25, -0.2) is 4.79 Å². The fourth-order valence-corrected chi connectivity index (χ4v) is 8.32. The van der Waals surface area contributed by atoms with E-state index in [0.29, 0.717) is 49.7 Å². The Kier molecular flexibility index (Phi) is 23.2. The fourth-order valence-electron chi connectivity index (χ4n) is 7.96. The molecule has 0 radical (unpaired) electrons. The van der Waals surface area contributed by atoms with Crippen LogP contribution in [-0.2, 0) is 63.2 Å². The lowest BCUT2D eigenvalue weighted by Gasteiger charge is -2.26. The van der Waals surface area contributed by atoms with E-state index in [1.807, 2.05) is 68.4 Å². The first-order valence-corrected chi connectivity index (χ1v) is 26.0. The molecule has 0 unspecified atom stereocenters. The van der Waals surface area contributed by atoms with Gasteiger partial charge in [0.2, 0.25) is 29.5 Å². The van der Waals surface area contributed by atoms with Crippen molar-refractivity contribution in [1.29, 1.82) is 0 Å². The number of H-pyrrole nitrogens is 1. The number of benzene rings is 3. The van der Waals surface area contributed by atoms with Crippen LogP contribution in [0.25, 0.3) is 10.9 Å². The maximum absolute atomic E-state index is 14.3. The second kappa shape index (κ2) is 28.9. The molecule has 73 heavy (non-hydrogen) atoms. The van der Waals surface area contributed by atoms with Crippen molar-refractivity contribution in [2.45, 2.75) is 154 Å². The van der Waals surface area contributed by atoms with Gasteiger partial charge in [0.1, 0.15) is 35.5 Å². The van der Waals surface area contributed by atoms with Crippen LogP contribution in [0.5, 0.6) is 5.75 Å². The molecule has 0 saturated carbocycles. The van der Waals surface area contributed by atoms with E-state index in [2.05, 4.69) is 41.1 Å². The number of amides is 6. The van der Waals surface area contributed by atoms with Gasteiger partial charge < -0.3 is 50.9 Å². The number of carboxylic acid groups (broad SMARTS) is 1. The average Bonchev–Trinajstić information content (AvgIpc) is 3.73. The van der Waals surface area contributed by atoms with Crippen molar-refractivity contribution in [2.24, 2.45) is 0 Å². The lowest BCUT2D eigenvalue weighted by atomic mass is 10.0. The molecule has 0 fully saturated rings. The largest absolute Gasteiger partial charge is 0.481 e. The normalized spacial score (nSPS) is 13.6. The zero-order valence-electron chi connectivity index (χ0n) is 42.2. The molecule has 0 bridgehead atoms. The van der Waals surface area contributed by atoms with Crippen molar-refractivity contribution in [3.8, 4) is 5.75 Å². The summed E-state index contributed by atoms with van der Waals surface area (Å²) in [6.45, 7) is 8.09. The number of unbranched alkanes of at least 4 members (excludes halogenated alkanes) is 3. The predicted octanol–water partition coefficient (Wildman–Crippen LogP) is 5.35. The molecule has 0 aliphatic heterocycles. The van der Waals surface area contributed by atoms with E-state index in [0.717, 1.165) is 29.3 Å². The fraction of sp³-hybridized carbons (Fsp3) is 0.481. The number of fused-ring (bicyclic) bond motifs is 1. The van der Waals surface area contributed by atoms with E-state index in [1.165, 1.54) is 24.3 Å². The van der Waals surface area contributed by atoms with Gasteiger partial charge in [-0.3, -0.25) is 33.3 Å². The van der Waals surface area contributed by atoms with Crippen molar-refractivity contribution in [1.82, 2.24) is 36.9 Å². The minimum atomic E-state index is -4.80. The second-order valence-corrected chi connectivity index (χ2v) is 19.9. The van der Waals surface area contributed by atoms with Crippen LogP contribution in [0.15, 0.2) is 85.1 Å². The Morgan fingerprint density at radius 2 is 1.23 bits per heavy atom. The van der Waals surface area contributed by atoms with Crippen molar-refractivity contribution in [3.63, 3.8) is 0 Å². The van der Waals surface area contributed by atoms with E-state index in [1.54, 1.807) is 27.0 Å². The molecule has 20 nitrogen and oxygen atoms in total. The number of para-hydroxylation sites is 1. The zero-order valence-corrected chi connectivity index (χ0v) is 43.0. The Labute approximate surface area is 426 Å². The van der Waals surface area contributed by atoms with Crippen LogP contribution in [0.1, 0.15) is 116 Å². The van der Waals surface area contributed by atoms with Gasteiger partial charge in [0, 0.05) is 36.0 Å². The van der Waals surface area contributed by atoms with E-state index in [-0.39, 0.29) is 37.9 Å². The second-order valence-electron chi connectivity index (χ2n) is 18.9. The number of rotatable bonds is 30. The van der Waals surface area contributed by atoms with Crippen LogP contribution in [0, 0.1) is 0 Å². The summed E-state index contributed by atoms with van der Waals surface area (Å²) >= 11 is 0. The first-order chi connectivity index (χ1) is 34.6. The highest BCUT2D eigenvalue weighted by atomic mass is 32.3. The van der Waals surface area contributed by atoms with Crippen LogP contribution in [-0.4, -0.2) is 107 Å². The lowest BCUT2D eigenvalue weighted by Crippen LogP contribution is -2.57. The number of nitrogens with one attached hydrogen (secondary N) is 7. The molecule has 6 amide bonds. The summed E-state index contributed by atoms with van der Waals surface area (Å²) in [5.74, 6) is -4.79. The number of aryl methyl sites for hydroxylation is 1. The molecule has 0 saturated heterocycles. The molecule has 3 aromatic carbocycles. The highest BCUT2D eigenvalue weighted by Crippen LogP contribution is 2.20. The molecule has 1 aromatic heterocycles. The molecule has 1 heterocycles. The number of alkyl carbamates (subject to hydrolysis) is 1. The number of aliphatic carboxylic acids is 1. The molecule has 9 N–H and O–H groups in total. The van der Waals surface area contributed by atoms with Crippen molar-refractivity contribution < 1.29 is 60.6 Å². The summed E-state index contributed by atoms with van der Waals surface area (Å²) in [6.07, 6.45) is 5.70. The summed E-state index contributed by atoms with van der Waals surface area (Å²) in [6, 6.07) is 17.0. The third-order valence-corrected chi connectivity index (χ3v) is 12.0. The maximum Gasteiger partial charge on any atom is 0.446 e. The molecular weight excluding hydrogens is 963 g/mol. The number of hydrogen-bond donors (Lipinski definition) is 9. The summed E-state index contributed by atoms with van der Waals surface area (Å²) < 4.78 is 41.3. The Morgan fingerprint density at radius 1 is 0.644 bits per heavy atom. The molecule has 4 rings (SSSR count). The summed E-state index contributed by atoms with van der Waals surface area (Å²) in [7, 11) is -4.80. The first-order valence-electron chi connectivity index (χ1n) is 24.7. The van der Waals surface area contributed by atoms with Gasteiger partial charge >= 0.3 is 22.5 Å². The van der Waals surface area contributed by atoms with Crippen LogP contribution >= 0.6 is 0 Å². The monoisotopic (exact) mass is 1030 g/mol. The minimum Gasteiger partial charge on any atom is -0.481 e. The Bertz CT molecular complexity index is 2570. The molecule has 0 aliphatic carbocycles. The summed E-state index contributed by atoms with van der Waals surface area (Å²) in [5.41, 5.74) is 2.13. The molecule has 0 aliphatic rings. The molecule has 0 spiro atoms. The average molecular weight is 1030 g/mol. The number of hydrogen-bond acceptors (Lipinski definition) is 11. The standard InChI is InChI=1S/C52H71N7O13S/c1-6-8-22-41(57-49(65)43(59-51(67)71-52(3,4)5)29-35-25-27-38(28-26-35)72-73(68,69)70)47(63)54-33-45(60)56-44(30-36-32-53-40-24-16-15-21-39(36)40)50(66)58-42(23-9-7-2)48(64)55-37(31-46(61)62)20-14-13-19-34-17-11-10-12-18-34/h10-12,15-18,21,24-28,32,37,41-44,53H,6-9,13-14,19-20,22-23,29-31,33H2,1-5H3,(H,54,63)(H,55,64)(H,56,60)(H,57,65)(H,58,66)(H,59,67)(H,61,62)(H,68,69,70)/t37-,41+,42+,43+,44+/m1/s1. The third-order valence-electron chi connectivity index (χ3n) is 11.6. The summed E-state index contributed by atoms with van der Waals surface area (Å²) in [4.78, 5) is 97.7. The van der Waals surface area contributed by atoms with Crippen LogP contribution in [0.4, 0.5) is 4.79 Å². The van der Waals surface area contributed by atoms with Gasteiger partial charge in [-0.2, -0.15) is 8.42 Å². The maximum atomic E-state index is 14.3. The van der Waals surface area contributed by atoms with Gasteiger partial charge in [0.05, 0.1) is 13.0 Å². The van der Waals surface area contributed by atoms with Crippen LogP contribution < -0.4 is 36.1 Å². The topological polar surface area (TPSA) is 301 Å². The van der Waals surface area contributed by atoms with Crippen molar-refractivity contribution in [3.05, 3.63) is 102 Å². The number of carboxylic acids is 1. The number of aromatic amines is 1. The Balaban J connectivity index is 1.49. The number of carbonyl (C=O) groups is 7. The number of carbonyl (C=O) groups excluding carboxylic acids is 6. The van der Waals surface area contributed by atoms with Gasteiger partial charge in [-0.15, -0.1) is 0 Å². The van der Waals surface area contributed by atoms with E-state index in [9.17, 15) is 47.1 Å². The zero-order chi connectivity index (χ0) is 53.6. The van der Waals surface area contributed by atoms with Gasteiger partial charge in [-0.1, -0.05) is 107 Å². The quantitative estimate of drug-likeness (QED) is 0.0235. The van der Waals surface area contributed by atoms with Gasteiger partial charge in [0.15, 0.2) is 0 Å². The number of aromatic nitrogens is 1. The Hall–Kier alpha value is -7.00. The lowest BCUT2D eigenvalue weighted by molar-refractivity contribution is -0.138. The molecule has 5 atom stereocenters. The van der Waals surface area contributed by atoms with Gasteiger partial charge in [0.25, 0.3) is 0 Å². The highest BCUT2D eigenvalue weighted by molar-refractivity contribution is 7.81. The van der Waals surface area contributed by atoms with Crippen LogP contribution in [0.3, 0.4) is 0 Å². The number of ether oxygens (including phenoxy) is 1. The highest BCUT2D eigenvalue weighted by Gasteiger charge is 2.32. The Morgan fingerprint density at radius 3 is 1.84 bits per heavy atom. The smallest absolute Gasteiger partial charge is 0.446 e. The summed E-state index contributed by atoms with van der Waals surface area (Å²) in [5, 5.41) is 26.7. The first kappa shape index (κ1) is 58.6. The molecule has 4 aromatic rings. The molecule has 21 heteroatoms. The van der Waals surface area contributed by atoms with E-state index in [4.69, 9.17) is 9.29 Å². The molecular formula is C52H71N7O13S. The van der Waals surface area contributed by atoms with Gasteiger partial charge in [-0.05, 0) is 87.8 Å². The molecule has 398 valence electrons. The van der Waals surface area contributed by atoms with Crippen LogP contribution in [0.2, 0.25) is 0 Å². The van der Waals surface area contributed by atoms with Crippen molar-refractivity contribution in [2.75, 3.05) is 6.54 Å². The third kappa shape index (κ3) is 21.7. The van der Waals surface area contributed by atoms with Crippen molar-refractivity contribution >= 4 is 62.9 Å². The predicted molar refractivity (Wildman–Crippen MR) is 274 cm³/mol.